The minimum atomic E-state index is 0.000269. The van der Waals surface area contributed by atoms with Crippen LogP contribution in [0.15, 0.2) is 30.6 Å². The largest absolute Gasteiger partial charge is 0.471 e. The SMILES string of the molecule is [11CH3]n1cnc2nc(N)nc(OCc3cccc(CO)c3)c21. The Morgan fingerprint density at radius 1 is 1.29 bits per heavy atom. The van der Waals surface area contributed by atoms with Crippen molar-refractivity contribution < 1.29 is 9.84 Å². The molecule has 0 radical (unpaired) electrons. The first-order chi connectivity index (χ1) is 10.2. The van der Waals surface area contributed by atoms with Gasteiger partial charge in [0, 0.05) is 7.05 Å². The van der Waals surface area contributed by atoms with Gasteiger partial charge < -0.3 is 20.1 Å². The van der Waals surface area contributed by atoms with Gasteiger partial charge in [0.05, 0.1) is 12.9 Å². The van der Waals surface area contributed by atoms with Crippen LogP contribution in [0.3, 0.4) is 0 Å². The number of rotatable bonds is 4. The lowest BCUT2D eigenvalue weighted by atomic mass is 10.1. The Labute approximate surface area is 121 Å². The van der Waals surface area contributed by atoms with Crippen molar-refractivity contribution in [3.63, 3.8) is 0 Å². The maximum atomic E-state index is 9.14. The average molecular weight is 284 g/mol. The molecule has 0 unspecified atom stereocenters. The molecule has 0 saturated carbocycles. The van der Waals surface area contributed by atoms with E-state index in [0.29, 0.717) is 23.7 Å². The van der Waals surface area contributed by atoms with E-state index in [2.05, 4.69) is 15.0 Å². The number of ether oxygens (including phenoxy) is 1. The average Bonchev–Trinajstić information content (AvgIpc) is 2.86. The molecule has 0 atom stereocenters. The Kier molecular flexibility index (Phi) is 3.41. The van der Waals surface area contributed by atoms with Crippen LogP contribution in [0.4, 0.5) is 5.95 Å². The number of nitrogens with zero attached hydrogens (tertiary/aromatic N) is 4. The summed E-state index contributed by atoms with van der Waals surface area (Å²) in [5.74, 6) is 0.521. The van der Waals surface area contributed by atoms with Crippen molar-refractivity contribution in [3.05, 3.63) is 41.7 Å². The molecule has 7 nitrogen and oxygen atoms in total. The lowest BCUT2D eigenvalue weighted by Gasteiger charge is -2.08. The fraction of sp³-hybridized carbons (Fsp3) is 0.214. The number of aryl methyl sites for hydroxylation is 1. The number of imidazole rings is 1. The van der Waals surface area contributed by atoms with Gasteiger partial charge in [-0.2, -0.15) is 9.97 Å². The van der Waals surface area contributed by atoms with Gasteiger partial charge in [0.2, 0.25) is 11.8 Å². The van der Waals surface area contributed by atoms with Crippen molar-refractivity contribution in [2.24, 2.45) is 7.05 Å². The van der Waals surface area contributed by atoms with Crippen LogP contribution in [-0.2, 0) is 20.3 Å². The highest BCUT2D eigenvalue weighted by molar-refractivity contribution is 5.77. The molecule has 0 amide bonds. The smallest absolute Gasteiger partial charge is 0.245 e. The van der Waals surface area contributed by atoms with Gasteiger partial charge in [-0.25, -0.2) is 4.98 Å². The molecule has 21 heavy (non-hydrogen) atoms. The third-order valence-electron chi connectivity index (χ3n) is 3.11. The van der Waals surface area contributed by atoms with E-state index in [-0.39, 0.29) is 12.6 Å². The highest BCUT2D eigenvalue weighted by atomic mass is 16.5. The quantitative estimate of drug-likeness (QED) is 0.742. The number of fused-ring (bicyclic) bond motifs is 1. The lowest BCUT2D eigenvalue weighted by Crippen LogP contribution is -2.04. The Hall–Kier alpha value is -2.67. The van der Waals surface area contributed by atoms with Gasteiger partial charge in [0.25, 0.3) is 0 Å². The zero-order valence-corrected chi connectivity index (χ0v) is 11.5. The molecule has 0 aliphatic carbocycles. The van der Waals surface area contributed by atoms with Gasteiger partial charge in [-0.1, -0.05) is 24.3 Å². The van der Waals surface area contributed by atoms with Gasteiger partial charge in [-0.05, 0) is 11.1 Å². The fourth-order valence-electron chi connectivity index (χ4n) is 2.11. The standard InChI is InChI=1S/C14H15N5O2/c1-19-8-16-12-11(19)13(18-14(15)17-12)21-7-10-4-2-3-9(5-10)6-20/h2-5,8,20H,6-7H2,1H3,(H2,15,17,18)/i1-1. The maximum Gasteiger partial charge on any atom is 0.245 e. The zero-order chi connectivity index (χ0) is 14.8. The van der Waals surface area contributed by atoms with E-state index >= 15 is 0 Å². The molecule has 0 aliphatic heterocycles. The van der Waals surface area contributed by atoms with Crippen LogP contribution in [0.25, 0.3) is 11.2 Å². The highest BCUT2D eigenvalue weighted by Gasteiger charge is 2.12. The summed E-state index contributed by atoms with van der Waals surface area (Å²) in [7, 11) is 1.84. The second-order valence-electron chi connectivity index (χ2n) is 4.68. The number of nitrogen functional groups attached to an aromatic ring is 1. The van der Waals surface area contributed by atoms with Gasteiger partial charge in [0.15, 0.2) is 11.2 Å². The van der Waals surface area contributed by atoms with E-state index in [9.17, 15) is 0 Å². The van der Waals surface area contributed by atoms with Gasteiger partial charge in [0.1, 0.15) is 6.61 Å². The summed E-state index contributed by atoms with van der Waals surface area (Å²) in [6.45, 7) is 0.324. The van der Waals surface area contributed by atoms with E-state index in [1.165, 1.54) is 0 Å². The second kappa shape index (κ2) is 5.37. The summed E-state index contributed by atoms with van der Waals surface area (Å²) in [6.07, 6.45) is 1.64. The first kappa shape index (κ1) is 13.3. The number of hydrogen-bond donors (Lipinski definition) is 2. The molecule has 7 heteroatoms. The van der Waals surface area contributed by atoms with Crippen LogP contribution < -0.4 is 10.5 Å². The molecule has 2 aromatic heterocycles. The Morgan fingerprint density at radius 3 is 2.90 bits per heavy atom. The van der Waals surface area contributed by atoms with E-state index in [0.717, 1.165) is 11.1 Å². The molecule has 3 rings (SSSR count). The molecule has 3 N–H and O–H groups in total. The number of aliphatic hydroxyl groups is 1. The van der Waals surface area contributed by atoms with Gasteiger partial charge in [-0.3, -0.25) is 0 Å². The van der Waals surface area contributed by atoms with Crippen molar-refractivity contribution >= 4 is 17.1 Å². The van der Waals surface area contributed by atoms with Crippen molar-refractivity contribution in [2.75, 3.05) is 5.73 Å². The monoisotopic (exact) mass is 284 g/mol. The first-order valence-corrected chi connectivity index (χ1v) is 6.43. The lowest BCUT2D eigenvalue weighted by molar-refractivity contribution is 0.279. The van der Waals surface area contributed by atoms with E-state index in [1.54, 1.807) is 10.9 Å². The molecule has 0 fully saturated rings. The molecule has 0 spiro atoms. The van der Waals surface area contributed by atoms with Gasteiger partial charge >= 0.3 is 0 Å². The predicted octanol–water partition coefficient (Wildman–Crippen LogP) is 1.02. The Bertz CT molecular complexity index is 784. The summed E-state index contributed by atoms with van der Waals surface area (Å²) in [5.41, 5.74) is 8.64. The third kappa shape index (κ3) is 2.63. The topological polar surface area (TPSA) is 99.1 Å². The summed E-state index contributed by atoms with van der Waals surface area (Å²) in [4.78, 5) is 12.3. The van der Waals surface area contributed by atoms with Crippen LogP contribution in [0, 0.1) is 0 Å². The molecule has 0 bridgehead atoms. The van der Waals surface area contributed by atoms with Crippen LogP contribution in [-0.4, -0.2) is 24.6 Å². The fourth-order valence-corrected chi connectivity index (χ4v) is 2.11. The van der Waals surface area contributed by atoms with Gasteiger partial charge in [-0.15, -0.1) is 0 Å². The Balaban J connectivity index is 1.89. The normalized spacial score (nSPS) is 11.0. The summed E-state index contributed by atoms with van der Waals surface area (Å²) < 4.78 is 7.54. The minimum absolute atomic E-state index is 0.000269. The van der Waals surface area contributed by atoms with Crippen LogP contribution in [0.1, 0.15) is 11.1 Å². The number of benzene rings is 1. The summed E-state index contributed by atoms with van der Waals surface area (Å²) in [6, 6.07) is 7.53. The van der Waals surface area contributed by atoms with E-state index in [1.807, 2.05) is 31.3 Å². The Morgan fingerprint density at radius 2 is 2.10 bits per heavy atom. The number of aromatic nitrogens is 4. The van der Waals surface area contributed by atoms with Crippen LogP contribution in [0.2, 0.25) is 0 Å². The van der Waals surface area contributed by atoms with Crippen molar-refractivity contribution in [1.82, 2.24) is 19.5 Å². The molecule has 1 aromatic carbocycles. The molecule has 108 valence electrons. The predicted molar refractivity (Wildman–Crippen MR) is 77.4 cm³/mol. The first-order valence-electron chi connectivity index (χ1n) is 6.43. The van der Waals surface area contributed by atoms with Crippen molar-refractivity contribution in [3.8, 4) is 5.88 Å². The van der Waals surface area contributed by atoms with Crippen molar-refractivity contribution in [2.45, 2.75) is 13.2 Å². The molecular formula is C14H15N5O2. The number of hydrogen-bond acceptors (Lipinski definition) is 6. The number of anilines is 1. The minimum Gasteiger partial charge on any atom is -0.471 e. The number of nitrogens with two attached hydrogens (primary N) is 1. The molecule has 3 aromatic rings. The number of aliphatic hydroxyl groups excluding tert-OH is 1. The van der Waals surface area contributed by atoms with Crippen LogP contribution >= 0.6 is 0 Å². The molecule has 0 aliphatic rings. The second-order valence-corrected chi connectivity index (χ2v) is 4.68. The summed E-state index contributed by atoms with van der Waals surface area (Å²) in [5, 5.41) is 9.14. The van der Waals surface area contributed by atoms with E-state index < -0.39 is 0 Å². The third-order valence-corrected chi connectivity index (χ3v) is 3.11. The molecular weight excluding hydrogens is 269 g/mol. The zero-order valence-electron chi connectivity index (χ0n) is 11.5. The molecule has 0 saturated heterocycles. The van der Waals surface area contributed by atoms with Crippen molar-refractivity contribution in [1.29, 1.82) is 0 Å². The highest BCUT2D eigenvalue weighted by Crippen LogP contribution is 2.22. The molecule has 2 heterocycles. The van der Waals surface area contributed by atoms with Crippen LogP contribution in [0.5, 0.6) is 5.88 Å². The summed E-state index contributed by atoms with van der Waals surface area (Å²) >= 11 is 0. The van der Waals surface area contributed by atoms with E-state index in [4.69, 9.17) is 15.6 Å². The maximum absolute atomic E-state index is 9.14.